The Morgan fingerprint density at radius 2 is 2.00 bits per heavy atom. The van der Waals surface area contributed by atoms with Gasteiger partial charge in [0.2, 0.25) is 0 Å². The zero-order valence-corrected chi connectivity index (χ0v) is 9.47. The Balaban J connectivity index is 3.55. The van der Waals surface area contributed by atoms with Gasteiger partial charge in [0.15, 0.2) is 5.92 Å². The van der Waals surface area contributed by atoms with Gasteiger partial charge in [-0.2, -0.15) is 18.4 Å². The smallest absolute Gasteiger partial charge is 0.380 e. The fraction of sp³-hybridized carbons (Fsp3) is 0.900. The van der Waals surface area contributed by atoms with Crippen molar-refractivity contribution in [1.29, 1.82) is 5.26 Å². The van der Waals surface area contributed by atoms with Crippen molar-refractivity contribution in [2.24, 2.45) is 11.8 Å². The van der Waals surface area contributed by atoms with Crippen LogP contribution in [0.3, 0.4) is 0 Å². The highest BCUT2D eigenvalue weighted by Gasteiger charge is 2.39. The summed E-state index contributed by atoms with van der Waals surface area (Å²) in [4.78, 5) is 0. The summed E-state index contributed by atoms with van der Waals surface area (Å²) in [5.74, 6) is -1.54. The van der Waals surface area contributed by atoms with Gasteiger partial charge in [0.25, 0.3) is 0 Å². The number of nitriles is 1. The van der Waals surface area contributed by atoms with Gasteiger partial charge in [-0.3, -0.25) is 0 Å². The Bertz CT molecular complexity index is 223. The Kier molecular flexibility index (Phi) is 7.10. The van der Waals surface area contributed by atoms with E-state index in [2.05, 4.69) is 5.32 Å². The number of nitrogens with zero attached hydrogens (tertiary/aromatic N) is 1. The fourth-order valence-electron chi connectivity index (χ4n) is 0.944. The van der Waals surface area contributed by atoms with E-state index < -0.39 is 12.1 Å². The Morgan fingerprint density at radius 3 is 2.44 bits per heavy atom. The maximum absolute atomic E-state index is 12.1. The van der Waals surface area contributed by atoms with Gasteiger partial charge >= 0.3 is 6.18 Å². The van der Waals surface area contributed by atoms with Crippen molar-refractivity contribution in [1.82, 2.24) is 5.32 Å². The lowest BCUT2D eigenvalue weighted by Crippen LogP contribution is -2.34. The number of hydrogen-bond donors (Lipinski definition) is 1. The van der Waals surface area contributed by atoms with Gasteiger partial charge in [-0.1, -0.05) is 13.8 Å². The lowest BCUT2D eigenvalue weighted by Gasteiger charge is -2.14. The maximum atomic E-state index is 12.1. The van der Waals surface area contributed by atoms with Gasteiger partial charge < -0.3 is 10.1 Å². The molecule has 0 bridgehead atoms. The number of ether oxygens (including phenoxy) is 1. The van der Waals surface area contributed by atoms with E-state index in [1.807, 2.05) is 13.8 Å². The molecule has 1 unspecified atom stereocenters. The van der Waals surface area contributed by atoms with Crippen molar-refractivity contribution >= 4 is 0 Å². The maximum Gasteiger partial charge on any atom is 0.405 e. The molecule has 0 spiro atoms. The highest BCUT2D eigenvalue weighted by Crippen LogP contribution is 2.24. The minimum Gasteiger partial charge on any atom is -0.380 e. The molecule has 1 atom stereocenters. The lowest BCUT2D eigenvalue weighted by atomic mass is 10.1. The summed E-state index contributed by atoms with van der Waals surface area (Å²) in [7, 11) is 0. The Morgan fingerprint density at radius 1 is 1.38 bits per heavy atom. The predicted octanol–water partition coefficient (Wildman–Crippen LogP) is 1.95. The second-order valence-corrected chi connectivity index (χ2v) is 3.90. The van der Waals surface area contributed by atoms with Crippen LogP contribution in [-0.4, -0.2) is 32.5 Å². The largest absolute Gasteiger partial charge is 0.405 e. The standard InChI is InChI=1S/C10H17F3N2O/c1-8(2)7-16-4-3-15-6-9(5-14)10(11,12)13/h8-9,15H,3-4,6-7H2,1-2H3. The molecule has 3 nitrogen and oxygen atoms in total. The van der Waals surface area contributed by atoms with E-state index in [1.165, 1.54) is 6.07 Å². The van der Waals surface area contributed by atoms with E-state index in [-0.39, 0.29) is 6.54 Å². The topological polar surface area (TPSA) is 45.0 Å². The molecular weight excluding hydrogens is 221 g/mol. The van der Waals surface area contributed by atoms with Gasteiger partial charge in [0, 0.05) is 19.7 Å². The van der Waals surface area contributed by atoms with Crippen LogP contribution in [0.2, 0.25) is 0 Å². The molecule has 0 rings (SSSR count). The molecule has 0 aromatic heterocycles. The molecule has 16 heavy (non-hydrogen) atoms. The van der Waals surface area contributed by atoms with Crippen LogP contribution in [0.25, 0.3) is 0 Å². The van der Waals surface area contributed by atoms with Crippen molar-refractivity contribution in [3.63, 3.8) is 0 Å². The molecule has 1 N–H and O–H groups in total. The number of hydrogen-bond acceptors (Lipinski definition) is 3. The molecule has 0 aromatic rings. The van der Waals surface area contributed by atoms with Crippen molar-refractivity contribution in [3.8, 4) is 6.07 Å². The highest BCUT2D eigenvalue weighted by atomic mass is 19.4. The van der Waals surface area contributed by atoms with Crippen LogP contribution in [0.5, 0.6) is 0 Å². The molecule has 0 aliphatic carbocycles. The summed E-state index contributed by atoms with van der Waals surface area (Å²) >= 11 is 0. The second-order valence-electron chi connectivity index (χ2n) is 3.90. The van der Waals surface area contributed by atoms with Gasteiger partial charge in [-0.05, 0) is 5.92 Å². The molecule has 0 aromatic carbocycles. The highest BCUT2D eigenvalue weighted by molar-refractivity contribution is 4.89. The molecule has 0 saturated carbocycles. The van der Waals surface area contributed by atoms with E-state index in [4.69, 9.17) is 10.00 Å². The van der Waals surface area contributed by atoms with Crippen molar-refractivity contribution in [3.05, 3.63) is 0 Å². The quantitative estimate of drug-likeness (QED) is 0.689. The second kappa shape index (κ2) is 7.47. The first-order valence-corrected chi connectivity index (χ1v) is 5.12. The molecular formula is C10H17F3N2O. The predicted molar refractivity (Wildman–Crippen MR) is 53.7 cm³/mol. The minimum absolute atomic E-state index is 0.320. The molecule has 0 saturated heterocycles. The van der Waals surface area contributed by atoms with Crippen LogP contribution in [0.4, 0.5) is 13.2 Å². The first kappa shape index (κ1) is 15.2. The van der Waals surface area contributed by atoms with Crippen molar-refractivity contribution in [2.75, 3.05) is 26.3 Å². The van der Waals surface area contributed by atoms with Crippen LogP contribution in [0, 0.1) is 23.2 Å². The third-order valence-electron chi connectivity index (χ3n) is 1.77. The first-order valence-electron chi connectivity index (χ1n) is 5.12. The fourth-order valence-corrected chi connectivity index (χ4v) is 0.944. The summed E-state index contributed by atoms with van der Waals surface area (Å²) < 4.78 is 41.5. The van der Waals surface area contributed by atoms with E-state index in [0.717, 1.165) is 0 Å². The first-order chi connectivity index (χ1) is 7.38. The number of halogens is 3. The average molecular weight is 238 g/mol. The SMILES string of the molecule is CC(C)COCCNCC(C#N)C(F)(F)F. The third-order valence-corrected chi connectivity index (χ3v) is 1.77. The molecule has 0 radical (unpaired) electrons. The van der Waals surface area contributed by atoms with E-state index in [1.54, 1.807) is 0 Å². The Hall–Kier alpha value is -0.800. The van der Waals surface area contributed by atoms with E-state index >= 15 is 0 Å². The molecule has 0 fully saturated rings. The number of alkyl halides is 3. The van der Waals surface area contributed by atoms with Crippen molar-refractivity contribution in [2.45, 2.75) is 20.0 Å². The molecule has 0 aliphatic heterocycles. The third kappa shape index (κ3) is 7.49. The summed E-state index contributed by atoms with van der Waals surface area (Å²) in [6.07, 6.45) is -4.46. The minimum atomic E-state index is -4.46. The molecule has 6 heteroatoms. The zero-order chi connectivity index (χ0) is 12.6. The van der Waals surface area contributed by atoms with E-state index in [0.29, 0.717) is 25.7 Å². The zero-order valence-electron chi connectivity index (χ0n) is 9.47. The van der Waals surface area contributed by atoms with Crippen LogP contribution < -0.4 is 5.32 Å². The molecule has 0 heterocycles. The van der Waals surface area contributed by atoms with Crippen LogP contribution in [0.1, 0.15) is 13.8 Å². The summed E-state index contributed by atoms with van der Waals surface area (Å²) in [5, 5.41) is 10.8. The van der Waals surface area contributed by atoms with Crippen LogP contribution >= 0.6 is 0 Å². The molecule has 0 amide bonds. The number of rotatable bonds is 7. The van der Waals surface area contributed by atoms with Crippen molar-refractivity contribution < 1.29 is 17.9 Å². The molecule has 94 valence electrons. The number of nitrogens with one attached hydrogen (secondary N) is 1. The Labute approximate surface area is 93.6 Å². The average Bonchev–Trinajstić information content (AvgIpc) is 2.14. The summed E-state index contributed by atoms with van der Waals surface area (Å²) in [6, 6.07) is 1.22. The van der Waals surface area contributed by atoms with Gasteiger partial charge in [0.1, 0.15) is 0 Å². The van der Waals surface area contributed by atoms with Crippen LogP contribution in [0.15, 0.2) is 0 Å². The summed E-state index contributed by atoms with van der Waals surface area (Å²) in [5.41, 5.74) is 0. The van der Waals surface area contributed by atoms with Crippen LogP contribution in [-0.2, 0) is 4.74 Å². The van der Waals surface area contributed by atoms with Gasteiger partial charge in [-0.15, -0.1) is 0 Å². The lowest BCUT2D eigenvalue weighted by molar-refractivity contribution is -0.157. The normalized spacial score (nSPS) is 13.8. The van der Waals surface area contributed by atoms with Gasteiger partial charge in [0.05, 0.1) is 12.7 Å². The van der Waals surface area contributed by atoms with Gasteiger partial charge in [-0.25, -0.2) is 0 Å². The summed E-state index contributed by atoms with van der Waals surface area (Å²) in [6.45, 7) is 4.86. The monoisotopic (exact) mass is 238 g/mol. The molecule has 0 aliphatic rings. The van der Waals surface area contributed by atoms with E-state index in [9.17, 15) is 13.2 Å².